The maximum Gasteiger partial charge on any atom is 0.238 e. The van der Waals surface area contributed by atoms with Crippen molar-refractivity contribution >= 4 is 5.91 Å². The fourth-order valence-corrected chi connectivity index (χ4v) is 3.87. The number of carbonyl (C=O) groups is 1. The maximum atomic E-state index is 12.5. The van der Waals surface area contributed by atoms with Gasteiger partial charge >= 0.3 is 0 Å². The number of methoxy groups -OCH3 is 1. The molecule has 1 aliphatic heterocycles. The first-order valence-electron chi connectivity index (χ1n) is 9.21. The fraction of sp³-hybridized carbons (Fsp3) is 0.364. The summed E-state index contributed by atoms with van der Waals surface area (Å²) in [5, 5.41) is 19.5. The van der Waals surface area contributed by atoms with Crippen LogP contribution in [0.15, 0.2) is 48.5 Å². The number of benzene rings is 2. The SMILES string of the molecule is COc1ccccc1-c1ccc([C@@H]2[C@@H](CO)N(C(=O)CN(C)C)[C@H]2C#N)cc1. The van der Waals surface area contributed by atoms with Crippen LogP contribution in [-0.4, -0.2) is 67.3 Å². The number of para-hydroxylation sites is 1. The van der Waals surface area contributed by atoms with Gasteiger partial charge in [0, 0.05) is 11.5 Å². The zero-order chi connectivity index (χ0) is 20.3. The fourth-order valence-electron chi connectivity index (χ4n) is 3.87. The van der Waals surface area contributed by atoms with Crippen LogP contribution >= 0.6 is 0 Å². The predicted octanol–water partition coefficient (Wildman–Crippen LogP) is 2.10. The molecule has 0 bridgehead atoms. The Bertz CT molecular complexity index is 873. The predicted molar refractivity (Wildman–Crippen MR) is 107 cm³/mol. The smallest absolute Gasteiger partial charge is 0.238 e. The Balaban J connectivity index is 1.85. The highest BCUT2D eigenvalue weighted by Gasteiger charge is 2.51. The largest absolute Gasteiger partial charge is 0.496 e. The van der Waals surface area contributed by atoms with Crippen molar-refractivity contribution in [3.63, 3.8) is 0 Å². The Morgan fingerprint density at radius 2 is 1.89 bits per heavy atom. The van der Waals surface area contributed by atoms with E-state index in [4.69, 9.17) is 4.74 Å². The second-order valence-electron chi connectivity index (χ2n) is 7.21. The summed E-state index contributed by atoms with van der Waals surface area (Å²) in [7, 11) is 5.26. The van der Waals surface area contributed by atoms with Crippen LogP contribution < -0.4 is 4.74 Å². The van der Waals surface area contributed by atoms with Crippen LogP contribution in [0.25, 0.3) is 11.1 Å². The summed E-state index contributed by atoms with van der Waals surface area (Å²) in [6.07, 6.45) is 0. The number of rotatable bonds is 6. The van der Waals surface area contributed by atoms with Gasteiger partial charge in [-0.2, -0.15) is 5.26 Å². The Kier molecular flexibility index (Phi) is 5.98. The third-order valence-corrected chi connectivity index (χ3v) is 5.18. The molecule has 1 fully saturated rings. The van der Waals surface area contributed by atoms with Gasteiger partial charge in [-0.05, 0) is 31.3 Å². The summed E-state index contributed by atoms with van der Waals surface area (Å²) in [6.45, 7) is 0.0460. The van der Waals surface area contributed by atoms with Gasteiger partial charge in [-0.1, -0.05) is 42.5 Å². The molecule has 1 N–H and O–H groups in total. The number of ether oxygens (including phenoxy) is 1. The Hall–Kier alpha value is -2.88. The lowest BCUT2D eigenvalue weighted by Gasteiger charge is -2.51. The van der Waals surface area contributed by atoms with Gasteiger partial charge in [-0.15, -0.1) is 0 Å². The number of nitriles is 1. The van der Waals surface area contributed by atoms with Crippen molar-refractivity contribution in [2.45, 2.75) is 18.0 Å². The molecule has 1 heterocycles. The highest BCUT2D eigenvalue weighted by Crippen LogP contribution is 2.41. The van der Waals surface area contributed by atoms with E-state index in [2.05, 4.69) is 6.07 Å². The number of likely N-dealkylation sites (N-methyl/N-ethyl adjacent to an activating group) is 1. The van der Waals surface area contributed by atoms with E-state index in [-0.39, 0.29) is 31.0 Å². The minimum atomic E-state index is -0.568. The molecule has 1 saturated heterocycles. The second kappa shape index (κ2) is 8.42. The molecule has 0 radical (unpaired) electrons. The van der Waals surface area contributed by atoms with E-state index in [0.29, 0.717) is 0 Å². The summed E-state index contributed by atoms with van der Waals surface area (Å²) < 4.78 is 5.43. The van der Waals surface area contributed by atoms with Gasteiger partial charge < -0.3 is 19.6 Å². The lowest BCUT2D eigenvalue weighted by atomic mass is 9.75. The standard InChI is InChI=1S/C22H25N3O3/c1-24(2)13-21(27)25-18(12-23)22(19(25)14-26)16-10-8-15(9-11-16)17-6-4-5-7-20(17)28-3/h4-11,18-19,22,26H,13-14H2,1-3H3/t18-,19+,22-/m0/s1. The summed E-state index contributed by atoms with van der Waals surface area (Å²) >= 11 is 0. The number of aliphatic hydroxyl groups is 1. The zero-order valence-electron chi connectivity index (χ0n) is 16.4. The van der Waals surface area contributed by atoms with E-state index in [1.165, 1.54) is 4.90 Å². The monoisotopic (exact) mass is 379 g/mol. The van der Waals surface area contributed by atoms with E-state index in [1.54, 1.807) is 26.1 Å². The molecule has 1 amide bonds. The molecule has 28 heavy (non-hydrogen) atoms. The number of amides is 1. The van der Waals surface area contributed by atoms with Crippen molar-refractivity contribution in [3.05, 3.63) is 54.1 Å². The molecule has 0 saturated carbocycles. The Morgan fingerprint density at radius 3 is 2.46 bits per heavy atom. The first-order valence-corrected chi connectivity index (χ1v) is 9.21. The molecule has 146 valence electrons. The second-order valence-corrected chi connectivity index (χ2v) is 7.21. The molecule has 3 atom stereocenters. The first-order chi connectivity index (χ1) is 13.5. The summed E-state index contributed by atoms with van der Waals surface area (Å²) in [5.74, 6) is 0.452. The molecule has 0 aliphatic carbocycles. The van der Waals surface area contributed by atoms with Gasteiger partial charge in [-0.3, -0.25) is 4.79 Å². The van der Waals surface area contributed by atoms with Crippen molar-refractivity contribution in [1.29, 1.82) is 5.26 Å². The van der Waals surface area contributed by atoms with Crippen LogP contribution in [0.1, 0.15) is 11.5 Å². The van der Waals surface area contributed by atoms with Gasteiger partial charge in [0.1, 0.15) is 11.8 Å². The normalized spacial score (nSPS) is 21.1. The van der Waals surface area contributed by atoms with Crippen LogP contribution in [0.5, 0.6) is 5.75 Å². The first kappa shape index (κ1) is 19.9. The number of aliphatic hydroxyl groups excluding tert-OH is 1. The Labute approximate surface area is 165 Å². The molecule has 0 unspecified atom stereocenters. The number of likely N-dealkylation sites (tertiary alicyclic amines) is 1. The van der Waals surface area contributed by atoms with Gasteiger partial charge in [0.05, 0.1) is 32.4 Å². The molecule has 0 spiro atoms. The van der Waals surface area contributed by atoms with Gasteiger partial charge in [0.2, 0.25) is 5.91 Å². The van der Waals surface area contributed by atoms with Gasteiger partial charge in [0.15, 0.2) is 0 Å². The van der Waals surface area contributed by atoms with Crippen molar-refractivity contribution in [1.82, 2.24) is 9.80 Å². The number of carbonyl (C=O) groups excluding carboxylic acids is 1. The average molecular weight is 379 g/mol. The third kappa shape index (κ3) is 3.59. The quantitative estimate of drug-likeness (QED) is 0.832. The van der Waals surface area contributed by atoms with Gasteiger partial charge in [0.25, 0.3) is 0 Å². The van der Waals surface area contributed by atoms with E-state index in [9.17, 15) is 15.2 Å². The third-order valence-electron chi connectivity index (χ3n) is 5.18. The lowest BCUT2D eigenvalue weighted by Crippen LogP contribution is -2.66. The molecular formula is C22H25N3O3. The molecule has 2 aromatic rings. The molecular weight excluding hydrogens is 354 g/mol. The number of hydrogen-bond acceptors (Lipinski definition) is 5. The van der Waals surface area contributed by atoms with Crippen LogP contribution in [-0.2, 0) is 4.79 Å². The summed E-state index contributed by atoms with van der Waals surface area (Å²) in [4.78, 5) is 15.7. The molecule has 1 aliphatic rings. The van der Waals surface area contributed by atoms with E-state index in [1.807, 2.05) is 48.5 Å². The van der Waals surface area contributed by atoms with Crippen LogP contribution in [0.2, 0.25) is 0 Å². The van der Waals surface area contributed by atoms with E-state index in [0.717, 1.165) is 22.4 Å². The maximum absolute atomic E-state index is 12.5. The van der Waals surface area contributed by atoms with Crippen LogP contribution in [0.4, 0.5) is 0 Å². The van der Waals surface area contributed by atoms with Crippen molar-refractivity contribution in [2.24, 2.45) is 0 Å². The molecule has 2 aromatic carbocycles. The van der Waals surface area contributed by atoms with E-state index < -0.39 is 6.04 Å². The van der Waals surface area contributed by atoms with E-state index >= 15 is 0 Å². The minimum absolute atomic E-state index is 0.141. The average Bonchev–Trinajstić information content (AvgIpc) is 2.68. The molecule has 3 rings (SSSR count). The number of hydrogen-bond donors (Lipinski definition) is 1. The molecule has 6 nitrogen and oxygen atoms in total. The molecule has 6 heteroatoms. The highest BCUT2D eigenvalue weighted by molar-refractivity contribution is 5.81. The topological polar surface area (TPSA) is 76.8 Å². The van der Waals surface area contributed by atoms with Crippen molar-refractivity contribution in [2.75, 3.05) is 34.4 Å². The van der Waals surface area contributed by atoms with Crippen LogP contribution in [0.3, 0.4) is 0 Å². The van der Waals surface area contributed by atoms with Crippen LogP contribution in [0, 0.1) is 11.3 Å². The summed E-state index contributed by atoms with van der Waals surface area (Å²) in [6, 6.07) is 17.0. The molecule has 0 aromatic heterocycles. The van der Waals surface area contributed by atoms with Crippen molar-refractivity contribution in [3.8, 4) is 22.9 Å². The van der Waals surface area contributed by atoms with Crippen molar-refractivity contribution < 1.29 is 14.6 Å². The lowest BCUT2D eigenvalue weighted by molar-refractivity contribution is -0.147. The Morgan fingerprint density at radius 1 is 1.21 bits per heavy atom. The summed E-state index contributed by atoms with van der Waals surface area (Å²) in [5.41, 5.74) is 2.94. The zero-order valence-corrected chi connectivity index (χ0v) is 16.4. The van der Waals surface area contributed by atoms with Gasteiger partial charge in [-0.25, -0.2) is 0 Å². The number of nitrogens with zero attached hydrogens (tertiary/aromatic N) is 3. The highest BCUT2D eigenvalue weighted by atomic mass is 16.5. The minimum Gasteiger partial charge on any atom is -0.496 e.